The van der Waals surface area contributed by atoms with Crippen molar-refractivity contribution in [2.75, 3.05) is 0 Å². The van der Waals surface area contributed by atoms with Crippen LogP contribution in [0, 0.1) is 0 Å². The molecule has 1 atom stereocenters. The zero-order chi connectivity index (χ0) is 10.8. The van der Waals surface area contributed by atoms with Crippen LogP contribution in [0.25, 0.3) is 0 Å². The summed E-state index contributed by atoms with van der Waals surface area (Å²) in [5.74, 6) is 0. The maximum atomic E-state index is 5.95. The molecule has 0 radical (unpaired) electrons. The molecular formula is C12H17ClN2. The van der Waals surface area contributed by atoms with Gasteiger partial charge in [-0.1, -0.05) is 23.7 Å². The predicted molar refractivity (Wildman–Crippen MR) is 64.0 cm³/mol. The number of halogens is 1. The van der Waals surface area contributed by atoms with Crippen molar-refractivity contribution in [2.45, 2.75) is 37.9 Å². The van der Waals surface area contributed by atoms with Crippen molar-refractivity contribution in [3.63, 3.8) is 0 Å². The highest BCUT2D eigenvalue weighted by Gasteiger charge is 2.26. The van der Waals surface area contributed by atoms with Crippen molar-refractivity contribution in [2.24, 2.45) is 5.73 Å². The van der Waals surface area contributed by atoms with E-state index in [1.807, 2.05) is 18.2 Å². The third-order valence-corrected chi connectivity index (χ3v) is 3.24. The lowest BCUT2D eigenvalue weighted by Gasteiger charge is -2.35. The highest BCUT2D eigenvalue weighted by atomic mass is 35.5. The lowest BCUT2D eigenvalue weighted by atomic mass is 9.87. The van der Waals surface area contributed by atoms with Crippen LogP contribution in [0.4, 0.5) is 0 Å². The average molecular weight is 225 g/mol. The summed E-state index contributed by atoms with van der Waals surface area (Å²) in [6.45, 7) is 2.16. The molecule has 15 heavy (non-hydrogen) atoms. The van der Waals surface area contributed by atoms with Gasteiger partial charge in [-0.15, -0.1) is 0 Å². The molecule has 3 heteroatoms. The molecule has 82 valence electrons. The highest BCUT2D eigenvalue weighted by Crippen LogP contribution is 2.23. The zero-order valence-corrected chi connectivity index (χ0v) is 9.67. The van der Waals surface area contributed by atoms with E-state index in [-0.39, 0.29) is 0 Å². The van der Waals surface area contributed by atoms with Crippen LogP contribution >= 0.6 is 11.6 Å². The number of nitrogens with two attached hydrogens (primary N) is 1. The van der Waals surface area contributed by atoms with Gasteiger partial charge in [0.2, 0.25) is 0 Å². The molecular weight excluding hydrogens is 208 g/mol. The van der Waals surface area contributed by atoms with Gasteiger partial charge in [-0.05, 0) is 37.5 Å². The van der Waals surface area contributed by atoms with Gasteiger partial charge in [-0.3, -0.25) is 0 Å². The number of benzene rings is 1. The zero-order valence-electron chi connectivity index (χ0n) is 8.91. The normalized spacial score (nSPS) is 27.1. The maximum Gasteiger partial charge on any atom is 0.0409 e. The molecule has 1 fully saturated rings. The van der Waals surface area contributed by atoms with Crippen molar-refractivity contribution < 1.29 is 0 Å². The van der Waals surface area contributed by atoms with Crippen LogP contribution in [0.2, 0.25) is 5.02 Å². The van der Waals surface area contributed by atoms with Crippen LogP contribution in [0.5, 0.6) is 0 Å². The molecule has 0 saturated heterocycles. The summed E-state index contributed by atoms with van der Waals surface area (Å²) in [6, 6.07) is 9.32. The molecule has 1 aromatic carbocycles. The van der Waals surface area contributed by atoms with Gasteiger partial charge in [0.25, 0.3) is 0 Å². The van der Waals surface area contributed by atoms with E-state index in [0.29, 0.717) is 18.1 Å². The molecule has 0 heterocycles. The molecule has 3 N–H and O–H groups in total. The molecule has 2 rings (SSSR count). The Labute approximate surface area is 95.8 Å². The van der Waals surface area contributed by atoms with Gasteiger partial charge in [-0.25, -0.2) is 0 Å². The molecule has 0 aliphatic heterocycles. The first kappa shape index (κ1) is 10.9. The molecule has 0 aromatic heterocycles. The fourth-order valence-corrected chi connectivity index (χ4v) is 2.22. The first-order chi connectivity index (χ1) is 7.15. The van der Waals surface area contributed by atoms with Crippen molar-refractivity contribution >= 4 is 11.6 Å². The molecule has 1 unspecified atom stereocenters. The Hall–Kier alpha value is -0.570. The second-order valence-electron chi connectivity index (χ2n) is 4.37. The lowest BCUT2D eigenvalue weighted by Crippen LogP contribution is -2.49. The predicted octanol–water partition coefficient (Wildman–Crippen LogP) is 2.48. The SMILES string of the molecule is CC(NC1CC(N)C1)c1cccc(Cl)c1. The summed E-state index contributed by atoms with van der Waals surface area (Å²) in [7, 11) is 0. The van der Waals surface area contributed by atoms with Gasteiger partial charge in [0.1, 0.15) is 0 Å². The van der Waals surface area contributed by atoms with Crippen molar-refractivity contribution in [3.05, 3.63) is 34.9 Å². The third kappa shape index (κ3) is 2.71. The van der Waals surface area contributed by atoms with Crippen LogP contribution in [-0.2, 0) is 0 Å². The fourth-order valence-electron chi connectivity index (χ4n) is 2.02. The van der Waals surface area contributed by atoms with Crippen LogP contribution < -0.4 is 11.1 Å². The van der Waals surface area contributed by atoms with Crippen LogP contribution in [-0.4, -0.2) is 12.1 Å². The minimum Gasteiger partial charge on any atom is -0.328 e. The monoisotopic (exact) mass is 224 g/mol. The molecule has 0 amide bonds. The van der Waals surface area contributed by atoms with Crippen LogP contribution in [0.15, 0.2) is 24.3 Å². The molecule has 1 aliphatic rings. The maximum absolute atomic E-state index is 5.95. The summed E-state index contributed by atoms with van der Waals surface area (Å²) in [4.78, 5) is 0. The second-order valence-corrected chi connectivity index (χ2v) is 4.81. The van der Waals surface area contributed by atoms with Crippen LogP contribution in [0.3, 0.4) is 0 Å². The molecule has 2 nitrogen and oxygen atoms in total. The van der Waals surface area contributed by atoms with E-state index in [9.17, 15) is 0 Å². The molecule has 0 bridgehead atoms. The summed E-state index contributed by atoms with van der Waals surface area (Å²) in [5, 5.41) is 4.35. The average Bonchev–Trinajstić information content (AvgIpc) is 2.15. The van der Waals surface area contributed by atoms with Crippen molar-refractivity contribution in [1.82, 2.24) is 5.32 Å². The summed E-state index contributed by atoms with van der Waals surface area (Å²) in [5.41, 5.74) is 6.99. The minimum atomic E-state index is 0.348. The van der Waals surface area contributed by atoms with E-state index in [0.717, 1.165) is 17.9 Å². The standard InChI is InChI=1S/C12H17ClN2/c1-8(15-12-6-11(14)7-12)9-3-2-4-10(13)5-9/h2-5,8,11-12,15H,6-7,14H2,1H3. The Bertz CT molecular complexity index is 334. The smallest absolute Gasteiger partial charge is 0.0409 e. The lowest BCUT2D eigenvalue weighted by molar-refractivity contribution is 0.272. The number of hydrogen-bond acceptors (Lipinski definition) is 2. The van der Waals surface area contributed by atoms with E-state index in [1.165, 1.54) is 5.56 Å². The first-order valence-electron chi connectivity index (χ1n) is 5.42. The fraction of sp³-hybridized carbons (Fsp3) is 0.500. The quantitative estimate of drug-likeness (QED) is 0.828. The Morgan fingerprint density at radius 1 is 1.47 bits per heavy atom. The molecule has 0 spiro atoms. The minimum absolute atomic E-state index is 0.348. The van der Waals surface area contributed by atoms with E-state index in [1.54, 1.807) is 0 Å². The van der Waals surface area contributed by atoms with Gasteiger partial charge in [0.05, 0.1) is 0 Å². The topological polar surface area (TPSA) is 38.0 Å². The Balaban J connectivity index is 1.93. The van der Waals surface area contributed by atoms with Gasteiger partial charge < -0.3 is 11.1 Å². The van der Waals surface area contributed by atoms with E-state index in [4.69, 9.17) is 17.3 Å². The number of hydrogen-bond donors (Lipinski definition) is 2. The third-order valence-electron chi connectivity index (χ3n) is 3.01. The number of nitrogens with one attached hydrogen (secondary N) is 1. The molecule has 1 aliphatic carbocycles. The Kier molecular flexibility index (Phi) is 3.29. The highest BCUT2D eigenvalue weighted by molar-refractivity contribution is 6.30. The molecule has 1 saturated carbocycles. The van der Waals surface area contributed by atoms with Gasteiger partial charge in [0.15, 0.2) is 0 Å². The molecule has 1 aromatic rings. The van der Waals surface area contributed by atoms with E-state index < -0.39 is 0 Å². The Morgan fingerprint density at radius 3 is 2.80 bits per heavy atom. The van der Waals surface area contributed by atoms with Crippen molar-refractivity contribution in [3.8, 4) is 0 Å². The van der Waals surface area contributed by atoms with Gasteiger partial charge >= 0.3 is 0 Å². The second kappa shape index (κ2) is 4.52. The Morgan fingerprint density at radius 2 is 2.20 bits per heavy atom. The van der Waals surface area contributed by atoms with E-state index in [2.05, 4.69) is 18.3 Å². The van der Waals surface area contributed by atoms with Gasteiger partial charge in [0, 0.05) is 23.1 Å². The van der Waals surface area contributed by atoms with E-state index >= 15 is 0 Å². The summed E-state index contributed by atoms with van der Waals surface area (Å²) < 4.78 is 0. The number of rotatable bonds is 3. The largest absolute Gasteiger partial charge is 0.328 e. The van der Waals surface area contributed by atoms with Gasteiger partial charge in [-0.2, -0.15) is 0 Å². The van der Waals surface area contributed by atoms with Crippen LogP contribution in [0.1, 0.15) is 31.4 Å². The summed E-state index contributed by atoms with van der Waals surface area (Å²) >= 11 is 5.95. The van der Waals surface area contributed by atoms with Crippen molar-refractivity contribution in [1.29, 1.82) is 0 Å². The first-order valence-corrected chi connectivity index (χ1v) is 5.80. The summed E-state index contributed by atoms with van der Waals surface area (Å²) in [6.07, 6.45) is 2.18.